The maximum Gasteiger partial charge on any atom is 0.159 e. The van der Waals surface area contributed by atoms with E-state index in [0.717, 1.165) is 37.1 Å². The molecular weight excluding hydrogens is 208 g/mol. The Bertz CT molecular complexity index is 459. The molecule has 84 valence electrons. The Morgan fingerprint density at radius 1 is 1.06 bits per heavy atom. The molecule has 0 saturated carbocycles. The molecule has 0 unspecified atom stereocenters. The third-order valence-corrected chi connectivity index (χ3v) is 3.71. The Hall–Kier alpha value is -1.22. The summed E-state index contributed by atoms with van der Waals surface area (Å²) in [5, 5.41) is 3.29. The molecule has 0 radical (unpaired) electrons. The van der Waals surface area contributed by atoms with Gasteiger partial charge in [0.2, 0.25) is 0 Å². The molecule has 1 aromatic carbocycles. The largest absolute Gasteiger partial charge is 0.317 e. The lowest BCUT2D eigenvalue weighted by Gasteiger charge is -2.33. The molecular formula is C13H13F2N. The first-order valence-electron chi connectivity index (χ1n) is 5.61. The summed E-state index contributed by atoms with van der Waals surface area (Å²) in [7, 11) is 0. The Morgan fingerprint density at radius 2 is 1.75 bits per heavy atom. The van der Waals surface area contributed by atoms with Crippen molar-refractivity contribution in [1.29, 1.82) is 0 Å². The molecule has 1 aromatic rings. The van der Waals surface area contributed by atoms with Crippen molar-refractivity contribution in [3.05, 3.63) is 41.0 Å². The van der Waals surface area contributed by atoms with Crippen molar-refractivity contribution < 1.29 is 8.78 Å². The van der Waals surface area contributed by atoms with E-state index in [1.54, 1.807) is 0 Å². The van der Waals surface area contributed by atoms with Gasteiger partial charge in [-0.25, -0.2) is 8.78 Å². The summed E-state index contributed by atoms with van der Waals surface area (Å²) < 4.78 is 26.4. The fourth-order valence-corrected chi connectivity index (χ4v) is 2.78. The highest BCUT2D eigenvalue weighted by Gasteiger charge is 2.36. The topological polar surface area (TPSA) is 12.0 Å². The van der Waals surface area contributed by atoms with E-state index in [2.05, 4.69) is 11.4 Å². The first kappa shape index (κ1) is 9.97. The number of benzene rings is 1. The molecule has 16 heavy (non-hydrogen) atoms. The number of hydrogen-bond acceptors (Lipinski definition) is 1. The zero-order chi connectivity index (χ0) is 11.2. The Morgan fingerprint density at radius 3 is 2.50 bits per heavy atom. The molecule has 1 heterocycles. The van der Waals surface area contributed by atoms with Gasteiger partial charge in [0.15, 0.2) is 11.6 Å². The predicted octanol–water partition coefficient (Wildman–Crippen LogP) is 2.61. The molecule has 0 aromatic heterocycles. The predicted molar refractivity (Wildman–Crippen MR) is 59.2 cm³/mol. The van der Waals surface area contributed by atoms with Gasteiger partial charge in [-0.05, 0) is 49.2 Å². The maximum absolute atomic E-state index is 13.3. The lowest BCUT2D eigenvalue weighted by Crippen LogP contribution is -2.37. The highest BCUT2D eigenvalue weighted by Crippen LogP contribution is 2.42. The van der Waals surface area contributed by atoms with E-state index in [1.165, 1.54) is 12.1 Å². The smallest absolute Gasteiger partial charge is 0.159 e. The molecule has 2 aliphatic rings. The maximum atomic E-state index is 13.3. The van der Waals surface area contributed by atoms with E-state index < -0.39 is 11.6 Å². The van der Waals surface area contributed by atoms with Gasteiger partial charge in [-0.2, -0.15) is 0 Å². The van der Waals surface area contributed by atoms with Gasteiger partial charge in [-0.1, -0.05) is 12.2 Å². The van der Waals surface area contributed by atoms with Gasteiger partial charge in [0.25, 0.3) is 0 Å². The van der Waals surface area contributed by atoms with Crippen LogP contribution in [0, 0.1) is 11.6 Å². The lowest BCUT2D eigenvalue weighted by molar-refractivity contribution is 0.376. The third kappa shape index (κ3) is 1.31. The zero-order valence-electron chi connectivity index (χ0n) is 8.89. The van der Waals surface area contributed by atoms with Crippen molar-refractivity contribution in [2.45, 2.75) is 18.3 Å². The first-order chi connectivity index (χ1) is 7.71. The monoisotopic (exact) mass is 221 g/mol. The van der Waals surface area contributed by atoms with Crippen LogP contribution in [0.5, 0.6) is 0 Å². The zero-order valence-corrected chi connectivity index (χ0v) is 8.89. The van der Waals surface area contributed by atoms with Crippen molar-refractivity contribution in [3.8, 4) is 0 Å². The third-order valence-electron chi connectivity index (χ3n) is 3.71. The summed E-state index contributed by atoms with van der Waals surface area (Å²) >= 11 is 0. The van der Waals surface area contributed by atoms with Crippen molar-refractivity contribution in [1.82, 2.24) is 5.32 Å². The second kappa shape index (κ2) is 3.39. The number of hydrogen-bond donors (Lipinski definition) is 1. The molecule has 1 aliphatic carbocycles. The first-order valence-corrected chi connectivity index (χ1v) is 5.61. The van der Waals surface area contributed by atoms with Crippen LogP contribution in [0.2, 0.25) is 0 Å². The number of nitrogens with one attached hydrogen (secondary N) is 1. The summed E-state index contributed by atoms with van der Waals surface area (Å²) in [6, 6.07) is 2.67. The molecule has 0 atom stereocenters. The molecule has 1 nitrogen and oxygen atoms in total. The fourth-order valence-electron chi connectivity index (χ4n) is 2.78. The Labute approximate surface area is 93.2 Å². The Kier molecular flexibility index (Phi) is 2.11. The molecule has 1 N–H and O–H groups in total. The second-order valence-corrected chi connectivity index (χ2v) is 4.59. The van der Waals surface area contributed by atoms with Gasteiger partial charge >= 0.3 is 0 Å². The van der Waals surface area contributed by atoms with E-state index in [-0.39, 0.29) is 5.41 Å². The molecule has 1 spiro atoms. The standard InChI is InChI=1S/C13H13F2N/c14-11-7-9-1-2-13(3-5-16-6-4-13)10(9)8-12(11)15/h1-2,7-8,16H,3-6H2. The molecule has 3 heteroatoms. The van der Waals surface area contributed by atoms with E-state index in [0.29, 0.717) is 0 Å². The van der Waals surface area contributed by atoms with Crippen LogP contribution in [0.4, 0.5) is 8.78 Å². The van der Waals surface area contributed by atoms with Gasteiger partial charge in [-0.3, -0.25) is 0 Å². The van der Waals surface area contributed by atoms with Crippen molar-refractivity contribution in [2.24, 2.45) is 0 Å². The van der Waals surface area contributed by atoms with Crippen LogP contribution >= 0.6 is 0 Å². The normalized spacial score (nSPS) is 21.4. The molecule has 3 rings (SSSR count). The van der Waals surface area contributed by atoms with Gasteiger partial charge in [0, 0.05) is 5.41 Å². The summed E-state index contributed by atoms with van der Waals surface area (Å²) in [6.45, 7) is 1.87. The van der Waals surface area contributed by atoms with Crippen LogP contribution in [0.25, 0.3) is 6.08 Å². The minimum absolute atomic E-state index is 0.0604. The summed E-state index contributed by atoms with van der Waals surface area (Å²) in [5.41, 5.74) is 1.73. The molecule has 1 aliphatic heterocycles. The number of rotatable bonds is 0. The van der Waals surface area contributed by atoms with Crippen LogP contribution in [-0.4, -0.2) is 13.1 Å². The van der Waals surface area contributed by atoms with E-state index >= 15 is 0 Å². The van der Waals surface area contributed by atoms with E-state index in [9.17, 15) is 8.78 Å². The summed E-state index contributed by atoms with van der Waals surface area (Å²) in [6.07, 6.45) is 5.95. The highest BCUT2D eigenvalue weighted by molar-refractivity contribution is 5.65. The average Bonchev–Trinajstić information content (AvgIpc) is 2.60. The molecule has 0 amide bonds. The highest BCUT2D eigenvalue weighted by atomic mass is 19.2. The summed E-state index contributed by atoms with van der Waals surface area (Å²) in [4.78, 5) is 0. The van der Waals surface area contributed by atoms with Crippen LogP contribution < -0.4 is 5.32 Å². The van der Waals surface area contributed by atoms with Crippen LogP contribution in [0.15, 0.2) is 18.2 Å². The van der Waals surface area contributed by atoms with Gasteiger partial charge in [-0.15, -0.1) is 0 Å². The van der Waals surface area contributed by atoms with Crippen LogP contribution in [0.1, 0.15) is 24.0 Å². The molecule has 1 fully saturated rings. The quantitative estimate of drug-likeness (QED) is 0.710. The van der Waals surface area contributed by atoms with E-state index in [1.807, 2.05) is 6.08 Å². The number of halogens is 2. The lowest BCUT2D eigenvalue weighted by atomic mass is 9.75. The molecule has 1 saturated heterocycles. The number of fused-ring (bicyclic) bond motifs is 2. The van der Waals surface area contributed by atoms with Crippen LogP contribution in [0.3, 0.4) is 0 Å². The SMILES string of the molecule is Fc1cc2c(cc1F)C1(C=C2)CCNCC1. The minimum Gasteiger partial charge on any atom is -0.317 e. The van der Waals surface area contributed by atoms with Gasteiger partial charge in [0.1, 0.15) is 0 Å². The van der Waals surface area contributed by atoms with Gasteiger partial charge < -0.3 is 5.32 Å². The molecule has 0 bridgehead atoms. The Balaban J connectivity index is 2.10. The van der Waals surface area contributed by atoms with Crippen molar-refractivity contribution in [3.63, 3.8) is 0 Å². The van der Waals surface area contributed by atoms with E-state index in [4.69, 9.17) is 0 Å². The van der Waals surface area contributed by atoms with Crippen LogP contribution in [-0.2, 0) is 5.41 Å². The average molecular weight is 221 g/mol. The number of piperidine rings is 1. The fraction of sp³-hybridized carbons (Fsp3) is 0.385. The summed E-state index contributed by atoms with van der Waals surface area (Å²) in [5.74, 6) is -1.49. The number of allylic oxidation sites excluding steroid dienone is 1. The van der Waals surface area contributed by atoms with Gasteiger partial charge in [0.05, 0.1) is 0 Å². The minimum atomic E-state index is -0.755. The second-order valence-electron chi connectivity index (χ2n) is 4.59. The van der Waals surface area contributed by atoms with Crippen molar-refractivity contribution in [2.75, 3.05) is 13.1 Å². The van der Waals surface area contributed by atoms with Crippen molar-refractivity contribution >= 4 is 6.08 Å².